The maximum absolute atomic E-state index is 12.0. The maximum Gasteiger partial charge on any atom is 0.226 e. The highest BCUT2D eigenvalue weighted by atomic mass is 16.5. The van der Waals surface area contributed by atoms with Gasteiger partial charge < -0.3 is 15.4 Å². The fourth-order valence-electron chi connectivity index (χ4n) is 2.00. The normalized spacial score (nSPS) is 10.3. The van der Waals surface area contributed by atoms with Crippen molar-refractivity contribution in [3.05, 3.63) is 23.3 Å². The monoisotopic (exact) mass is 250 g/mol. The van der Waals surface area contributed by atoms with Gasteiger partial charge >= 0.3 is 0 Å². The quantitative estimate of drug-likeness (QED) is 0.869. The van der Waals surface area contributed by atoms with E-state index in [0.717, 1.165) is 22.6 Å². The molecule has 0 aliphatic heterocycles. The number of methoxy groups -OCH3 is 1. The second kappa shape index (κ2) is 6.40. The molecule has 0 fully saturated rings. The minimum Gasteiger partial charge on any atom is -0.494 e. The predicted molar refractivity (Wildman–Crippen MR) is 74.2 cm³/mol. The molecule has 0 saturated carbocycles. The Kier molecular flexibility index (Phi) is 5.16. The lowest BCUT2D eigenvalue weighted by molar-refractivity contribution is -0.118. The van der Waals surface area contributed by atoms with Crippen LogP contribution in [0, 0.1) is 13.8 Å². The van der Waals surface area contributed by atoms with Gasteiger partial charge in [-0.05, 0) is 44.0 Å². The number of anilines is 1. The molecule has 0 saturated heterocycles. The third-order valence-electron chi connectivity index (χ3n) is 2.93. The number of rotatable bonds is 5. The molecule has 0 unspecified atom stereocenters. The summed E-state index contributed by atoms with van der Waals surface area (Å²) in [4.78, 5) is 13.7. The fraction of sp³-hybridized carbons (Fsp3) is 0.500. The predicted octanol–water partition coefficient (Wildman–Crippen LogP) is 2.01. The van der Waals surface area contributed by atoms with Crippen molar-refractivity contribution in [3.63, 3.8) is 0 Å². The number of hydrogen-bond donors (Lipinski definition) is 1. The van der Waals surface area contributed by atoms with Crippen LogP contribution in [-0.2, 0) is 4.79 Å². The molecule has 0 radical (unpaired) electrons. The molecule has 1 amide bonds. The highest BCUT2D eigenvalue weighted by molar-refractivity contribution is 5.94. The van der Waals surface area contributed by atoms with Gasteiger partial charge in [0.2, 0.25) is 5.91 Å². The van der Waals surface area contributed by atoms with Gasteiger partial charge in [0.05, 0.1) is 12.8 Å². The summed E-state index contributed by atoms with van der Waals surface area (Å²) in [5.74, 6) is 0.813. The van der Waals surface area contributed by atoms with Crippen LogP contribution < -0.4 is 15.4 Å². The van der Waals surface area contributed by atoms with Crippen LogP contribution in [0.1, 0.15) is 24.0 Å². The summed E-state index contributed by atoms with van der Waals surface area (Å²) in [6, 6.07) is 4.01. The van der Waals surface area contributed by atoms with Crippen molar-refractivity contribution in [1.82, 2.24) is 0 Å². The van der Waals surface area contributed by atoms with E-state index in [9.17, 15) is 4.79 Å². The topological polar surface area (TPSA) is 55.6 Å². The Labute approximate surface area is 109 Å². The average molecular weight is 250 g/mol. The van der Waals surface area contributed by atoms with Gasteiger partial charge in [0, 0.05) is 13.5 Å². The van der Waals surface area contributed by atoms with Gasteiger partial charge in [-0.15, -0.1) is 0 Å². The molecule has 2 N–H and O–H groups in total. The summed E-state index contributed by atoms with van der Waals surface area (Å²) in [6.07, 6.45) is 1.17. The van der Waals surface area contributed by atoms with Crippen molar-refractivity contribution in [2.75, 3.05) is 25.6 Å². The highest BCUT2D eigenvalue weighted by Gasteiger charge is 2.16. The summed E-state index contributed by atoms with van der Waals surface area (Å²) >= 11 is 0. The van der Waals surface area contributed by atoms with Gasteiger partial charge in [0.1, 0.15) is 5.75 Å². The zero-order chi connectivity index (χ0) is 13.7. The molecule has 0 aromatic heterocycles. The molecule has 0 atom stereocenters. The number of carbonyl (C=O) groups excluding carboxylic acids is 1. The molecule has 0 aliphatic carbocycles. The summed E-state index contributed by atoms with van der Waals surface area (Å²) in [7, 11) is 3.40. The zero-order valence-corrected chi connectivity index (χ0v) is 11.6. The molecular weight excluding hydrogens is 228 g/mol. The first-order chi connectivity index (χ1) is 8.51. The Morgan fingerprint density at radius 3 is 2.61 bits per heavy atom. The second-order valence-corrected chi connectivity index (χ2v) is 4.48. The summed E-state index contributed by atoms with van der Waals surface area (Å²) in [5, 5.41) is 0. The Hall–Kier alpha value is -1.55. The van der Waals surface area contributed by atoms with E-state index < -0.39 is 0 Å². The first-order valence-corrected chi connectivity index (χ1v) is 6.13. The molecule has 0 heterocycles. The van der Waals surface area contributed by atoms with Crippen LogP contribution in [0.4, 0.5) is 5.69 Å². The van der Waals surface area contributed by atoms with Crippen molar-refractivity contribution >= 4 is 11.6 Å². The van der Waals surface area contributed by atoms with Gasteiger partial charge in [-0.3, -0.25) is 4.79 Å². The van der Waals surface area contributed by atoms with E-state index in [1.54, 1.807) is 19.1 Å². The zero-order valence-electron chi connectivity index (χ0n) is 11.6. The van der Waals surface area contributed by atoms with E-state index in [1.807, 2.05) is 26.0 Å². The van der Waals surface area contributed by atoms with Gasteiger partial charge in [-0.1, -0.05) is 6.07 Å². The van der Waals surface area contributed by atoms with Crippen molar-refractivity contribution < 1.29 is 9.53 Å². The van der Waals surface area contributed by atoms with Crippen molar-refractivity contribution in [1.29, 1.82) is 0 Å². The molecule has 0 aliphatic rings. The van der Waals surface area contributed by atoms with Gasteiger partial charge in [0.25, 0.3) is 0 Å². The SMILES string of the molecule is COc1c(C)cc(C)cc1N(C)C(=O)CCCN. The van der Waals surface area contributed by atoms with E-state index in [-0.39, 0.29) is 5.91 Å². The number of ether oxygens (including phenoxy) is 1. The number of carbonyl (C=O) groups is 1. The van der Waals surface area contributed by atoms with Crippen LogP contribution in [0.3, 0.4) is 0 Å². The molecule has 100 valence electrons. The first-order valence-electron chi connectivity index (χ1n) is 6.13. The Balaban J connectivity index is 3.04. The molecule has 4 nitrogen and oxygen atoms in total. The summed E-state index contributed by atoms with van der Waals surface area (Å²) in [6.45, 7) is 4.52. The molecule has 1 rings (SSSR count). The lowest BCUT2D eigenvalue weighted by Gasteiger charge is -2.22. The van der Waals surface area contributed by atoms with E-state index in [1.165, 1.54) is 0 Å². The van der Waals surface area contributed by atoms with Crippen LogP contribution in [-0.4, -0.2) is 26.6 Å². The minimum atomic E-state index is 0.0590. The third kappa shape index (κ3) is 3.23. The molecule has 4 heteroatoms. The van der Waals surface area contributed by atoms with Crippen LogP contribution in [0.15, 0.2) is 12.1 Å². The van der Waals surface area contributed by atoms with E-state index in [4.69, 9.17) is 10.5 Å². The van der Waals surface area contributed by atoms with Crippen molar-refractivity contribution in [2.45, 2.75) is 26.7 Å². The molecule has 18 heavy (non-hydrogen) atoms. The van der Waals surface area contributed by atoms with E-state index >= 15 is 0 Å². The number of amides is 1. The van der Waals surface area contributed by atoms with E-state index in [2.05, 4.69) is 0 Å². The van der Waals surface area contributed by atoms with Crippen LogP contribution in [0.2, 0.25) is 0 Å². The minimum absolute atomic E-state index is 0.0590. The van der Waals surface area contributed by atoms with Crippen LogP contribution >= 0.6 is 0 Å². The maximum atomic E-state index is 12.0. The van der Waals surface area contributed by atoms with E-state index in [0.29, 0.717) is 19.4 Å². The fourth-order valence-corrected chi connectivity index (χ4v) is 2.00. The number of nitrogens with two attached hydrogens (primary N) is 1. The van der Waals surface area contributed by atoms with Crippen molar-refractivity contribution in [2.24, 2.45) is 5.73 Å². The lowest BCUT2D eigenvalue weighted by Crippen LogP contribution is -2.27. The summed E-state index contributed by atoms with van der Waals surface area (Å²) < 4.78 is 5.39. The highest BCUT2D eigenvalue weighted by Crippen LogP contribution is 2.32. The summed E-state index contributed by atoms with van der Waals surface area (Å²) in [5.41, 5.74) is 8.39. The van der Waals surface area contributed by atoms with Crippen LogP contribution in [0.5, 0.6) is 5.75 Å². The number of hydrogen-bond acceptors (Lipinski definition) is 3. The Bertz CT molecular complexity index is 430. The number of aryl methyl sites for hydroxylation is 2. The largest absolute Gasteiger partial charge is 0.494 e. The third-order valence-corrected chi connectivity index (χ3v) is 2.93. The van der Waals surface area contributed by atoms with Gasteiger partial charge in [0.15, 0.2) is 0 Å². The van der Waals surface area contributed by atoms with Gasteiger partial charge in [-0.25, -0.2) is 0 Å². The smallest absolute Gasteiger partial charge is 0.226 e. The van der Waals surface area contributed by atoms with Crippen LogP contribution in [0.25, 0.3) is 0 Å². The Morgan fingerprint density at radius 1 is 1.39 bits per heavy atom. The first kappa shape index (κ1) is 14.5. The van der Waals surface area contributed by atoms with Gasteiger partial charge in [-0.2, -0.15) is 0 Å². The average Bonchev–Trinajstić information content (AvgIpc) is 2.34. The molecule has 1 aromatic rings. The molecule has 0 spiro atoms. The lowest BCUT2D eigenvalue weighted by atomic mass is 10.1. The Morgan fingerprint density at radius 2 is 2.06 bits per heavy atom. The molecule has 0 bridgehead atoms. The standard InChI is InChI=1S/C14H22N2O2/c1-10-8-11(2)14(18-4)12(9-10)16(3)13(17)6-5-7-15/h8-9H,5-7,15H2,1-4H3. The molecular formula is C14H22N2O2. The number of nitrogens with zero attached hydrogens (tertiary/aromatic N) is 1. The van der Waals surface area contributed by atoms with Crippen molar-refractivity contribution in [3.8, 4) is 5.75 Å². The number of benzene rings is 1. The molecule has 1 aromatic carbocycles. The second-order valence-electron chi connectivity index (χ2n) is 4.48.